The van der Waals surface area contributed by atoms with Gasteiger partial charge in [-0.2, -0.15) is 0 Å². The predicted molar refractivity (Wildman–Crippen MR) is 65.8 cm³/mol. The van der Waals surface area contributed by atoms with Crippen LogP contribution in [0.15, 0.2) is 24.3 Å². The summed E-state index contributed by atoms with van der Waals surface area (Å²) in [5, 5.41) is 3.36. The first-order valence-electron chi connectivity index (χ1n) is 5.43. The van der Waals surface area contributed by atoms with Crippen molar-refractivity contribution in [3.63, 3.8) is 0 Å². The van der Waals surface area contributed by atoms with Crippen LogP contribution >= 0.6 is 0 Å². The number of carbonyl (C=O) groups excluding carboxylic acids is 1. The van der Waals surface area contributed by atoms with Crippen LogP contribution in [0.4, 0.5) is 11.4 Å². The summed E-state index contributed by atoms with van der Waals surface area (Å²) >= 11 is 0. The van der Waals surface area contributed by atoms with Gasteiger partial charge in [-0.25, -0.2) is 0 Å². The molecule has 0 radical (unpaired) electrons. The first-order chi connectivity index (χ1) is 7.72. The number of hydrogen-bond acceptors (Lipinski definition) is 3. The lowest BCUT2D eigenvalue weighted by molar-refractivity contribution is -0.107. The number of nitrogens with one attached hydrogen (secondary N) is 1. The predicted octanol–water partition coefficient (Wildman–Crippen LogP) is 1.01. The molecule has 16 heavy (non-hydrogen) atoms. The van der Waals surface area contributed by atoms with Crippen LogP contribution in [0.3, 0.4) is 0 Å². The number of carbonyl (C=O) groups is 1. The molecule has 1 aromatic rings. The molecule has 0 aromatic heterocycles. The van der Waals surface area contributed by atoms with Crippen LogP contribution in [0, 0.1) is 0 Å². The molecule has 4 heteroatoms. The van der Waals surface area contributed by atoms with Gasteiger partial charge in [0.25, 0.3) is 0 Å². The van der Waals surface area contributed by atoms with E-state index in [1.807, 2.05) is 43.3 Å². The number of nitrogens with zero attached hydrogens (tertiary/aromatic N) is 2. The summed E-state index contributed by atoms with van der Waals surface area (Å²) < 4.78 is 0. The molecule has 1 unspecified atom stereocenters. The van der Waals surface area contributed by atoms with Crippen LogP contribution in [-0.4, -0.2) is 44.5 Å². The van der Waals surface area contributed by atoms with Gasteiger partial charge in [-0.1, -0.05) is 12.1 Å². The quantitative estimate of drug-likeness (QED) is 0.770. The second kappa shape index (κ2) is 4.53. The van der Waals surface area contributed by atoms with Gasteiger partial charge >= 0.3 is 0 Å². The minimum absolute atomic E-state index is 0.197. The van der Waals surface area contributed by atoms with E-state index in [2.05, 4.69) is 10.2 Å². The summed E-state index contributed by atoms with van der Waals surface area (Å²) in [5.41, 5.74) is 2.00. The molecule has 1 aromatic carbocycles. The maximum absolute atomic E-state index is 11.2. The van der Waals surface area contributed by atoms with E-state index < -0.39 is 0 Å². The topological polar surface area (TPSA) is 35.6 Å². The molecule has 1 atom stereocenters. The second-order valence-electron chi connectivity index (χ2n) is 4.33. The highest BCUT2D eigenvalue weighted by atomic mass is 16.1. The van der Waals surface area contributed by atoms with Crippen molar-refractivity contribution in [3.8, 4) is 0 Å². The Bertz CT molecular complexity index is 378. The number of para-hydroxylation sites is 2. The standard InChI is InChI=1S/C12H17N3O/c1-14(2)8-10-7-13-11-5-3-4-6-12(11)15(10)9-16/h3-6,9-10,13H,7-8H2,1-2H3. The molecule has 2 rings (SSSR count). The van der Waals surface area contributed by atoms with Crippen LogP contribution in [0.5, 0.6) is 0 Å². The van der Waals surface area contributed by atoms with Gasteiger partial charge < -0.3 is 15.1 Å². The first-order valence-corrected chi connectivity index (χ1v) is 5.43. The molecule has 0 spiro atoms. The van der Waals surface area contributed by atoms with Gasteiger partial charge in [0.05, 0.1) is 17.4 Å². The highest BCUT2D eigenvalue weighted by molar-refractivity contribution is 5.86. The fraction of sp³-hybridized carbons (Fsp3) is 0.417. The van der Waals surface area contributed by atoms with E-state index in [4.69, 9.17) is 0 Å². The van der Waals surface area contributed by atoms with E-state index in [0.717, 1.165) is 30.9 Å². The highest BCUT2D eigenvalue weighted by Gasteiger charge is 2.25. The van der Waals surface area contributed by atoms with Crippen LogP contribution < -0.4 is 10.2 Å². The zero-order valence-corrected chi connectivity index (χ0v) is 9.68. The maximum Gasteiger partial charge on any atom is 0.214 e. The second-order valence-corrected chi connectivity index (χ2v) is 4.33. The van der Waals surface area contributed by atoms with Gasteiger partial charge in [0.1, 0.15) is 0 Å². The number of hydrogen-bond donors (Lipinski definition) is 1. The number of benzene rings is 1. The summed E-state index contributed by atoms with van der Waals surface area (Å²) in [4.78, 5) is 15.1. The molecule has 0 saturated carbocycles. The van der Waals surface area contributed by atoms with Crippen molar-refractivity contribution in [3.05, 3.63) is 24.3 Å². The molecule has 0 fully saturated rings. The van der Waals surface area contributed by atoms with Gasteiger partial charge in [-0.3, -0.25) is 4.79 Å². The van der Waals surface area contributed by atoms with Gasteiger partial charge in [0.2, 0.25) is 6.41 Å². The molecule has 86 valence electrons. The van der Waals surface area contributed by atoms with Crippen molar-refractivity contribution in [1.29, 1.82) is 0 Å². The van der Waals surface area contributed by atoms with Crippen molar-refractivity contribution in [2.75, 3.05) is 37.4 Å². The molecule has 1 amide bonds. The zero-order chi connectivity index (χ0) is 11.5. The molecule has 1 heterocycles. The fourth-order valence-corrected chi connectivity index (χ4v) is 2.09. The summed E-state index contributed by atoms with van der Waals surface area (Å²) in [5.74, 6) is 0. The van der Waals surface area contributed by atoms with Crippen molar-refractivity contribution >= 4 is 17.8 Å². The summed E-state index contributed by atoms with van der Waals surface area (Å²) in [6.45, 7) is 1.66. The van der Waals surface area contributed by atoms with Crippen molar-refractivity contribution < 1.29 is 4.79 Å². The number of amides is 1. The molecule has 0 bridgehead atoms. The molecule has 1 aliphatic rings. The van der Waals surface area contributed by atoms with E-state index in [1.165, 1.54) is 0 Å². The molecule has 4 nitrogen and oxygen atoms in total. The van der Waals surface area contributed by atoms with Crippen LogP contribution in [-0.2, 0) is 4.79 Å². The smallest absolute Gasteiger partial charge is 0.214 e. The average molecular weight is 219 g/mol. The molecular weight excluding hydrogens is 202 g/mol. The Labute approximate surface area is 95.8 Å². The summed E-state index contributed by atoms with van der Waals surface area (Å²) in [6, 6.07) is 8.09. The SMILES string of the molecule is CN(C)CC1CNc2ccccc2N1C=O. The fourth-order valence-electron chi connectivity index (χ4n) is 2.09. The van der Waals surface area contributed by atoms with Gasteiger partial charge in [0, 0.05) is 13.1 Å². The molecular formula is C12H17N3O. The summed E-state index contributed by atoms with van der Waals surface area (Å²) in [7, 11) is 4.03. The summed E-state index contributed by atoms with van der Waals surface area (Å²) in [6.07, 6.45) is 0.924. The van der Waals surface area contributed by atoms with E-state index in [-0.39, 0.29) is 6.04 Å². The molecule has 1 N–H and O–H groups in total. The third-order valence-electron chi connectivity index (χ3n) is 2.79. The Hall–Kier alpha value is -1.55. The third kappa shape index (κ3) is 2.02. The van der Waals surface area contributed by atoms with E-state index in [0.29, 0.717) is 0 Å². The zero-order valence-electron chi connectivity index (χ0n) is 9.68. The lowest BCUT2D eigenvalue weighted by Gasteiger charge is -2.36. The largest absolute Gasteiger partial charge is 0.381 e. The average Bonchev–Trinajstić information content (AvgIpc) is 2.28. The van der Waals surface area contributed by atoms with Gasteiger partial charge in [0.15, 0.2) is 0 Å². The van der Waals surface area contributed by atoms with Gasteiger partial charge in [-0.05, 0) is 26.2 Å². The molecule has 1 aliphatic heterocycles. The van der Waals surface area contributed by atoms with Crippen molar-refractivity contribution in [1.82, 2.24) is 4.90 Å². The van der Waals surface area contributed by atoms with Crippen molar-refractivity contribution in [2.45, 2.75) is 6.04 Å². The van der Waals surface area contributed by atoms with Crippen LogP contribution in [0.1, 0.15) is 0 Å². The monoisotopic (exact) mass is 219 g/mol. The Morgan fingerprint density at radius 1 is 1.50 bits per heavy atom. The van der Waals surface area contributed by atoms with E-state index >= 15 is 0 Å². The van der Waals surface area contributed by atoms with E-state index in [1.54, 1.807) is 0 Å². The minimum Gasteiger partial charge on any atom is -0.381 e. The highest BCUT2D eigenvalue weighted by Crippen LogP contribution is 2.29. The Kier molecular flexibility index (Phi) is 3.10. The third-order valence-corrected chi connectivity index (χ3v) is 2.79. The molecule has 0 saturated heterocycles. The number of rotatable bonds is 3. The normalized spacial score (nSPS) is 19.2. The first kappa shape index (κ1) is 11.0. The Balaban J connectivity index is 2.26. The maximum atomic E-state index is 11.2. The van der Waals surface area contributed by atoms with Crippen LogP contribution in [0.25, 0.3) is 0 Å². The lowest BCUT2D eigenvalue weighted by atomic mass is 10.1. The number of anilines is 2. The Morgan fingerprint density at radius 3 is 2.94 bits per heavy atom. The van der Waals surface area contributed by atoms with Crippen molar-refractivity contribution in [2.24, 2.45) is 0 Å². The van der Waals surface area contributed by atoms with Gasteiger partial charge in [-0.15, -0.1) is 0 Å². The van der Waals surface area contributed by atoms with E-state index in [9.17, 15) is 4.79 Å². The number of likely N-dealkylation sites (N-methyl/N-ethyl adjacent to an activating group) is 1. The lowest BCUT2D eigenvalue weighted by Crippen LogP contribution is -2.48. The van der Waals surface area contributed by atoms with Crippen LogP contribution in [0.2, 0.25) is 0 Å². The Morgan fingerprint density at radius 2 is 2.25 bits per heavy atom. The molecule has 0 aliphatic carbocycles. The number of fused-ring (bicyclic) bond motifs is 1. The minimum atomic E-state index is 0.197.